The monoisotopic (exact) mass is 418 g/mol. The van der Waals surface area contributed by atoms with Gasteiger partial charge in [-0.1, -0.05) is 128 Å². The van der Waals surface area contributed by atoms with Crippen LogP contribution in [0.2, 0.25) is 0 Å². The number of hydrogen-bond donors (Lipinski definition) is 0. The van der Waals surface area contributed by atoms with Gasteiger partial charge in [0.25, 0.3) is 0 Å². The Morgan fingerprint density at radius 3 is 0.862 bits per heavy atom. The van der Waals surface area contributed by atoms with E-state index in [1.54, 1.807) is 0 Å². The lowest BCUT2D eigenvalue weighted by atomic mass is 9.42. The van der Waals surface area contributed by atoms with E-state index in [9.17, 15) is 0 Å². The van der Waals surface area contributed by atoms with E-state index in [1.165, 1.54) is 11.1 Å². The molecule has 0 bridgehead atoms. The van der Waals surface area contributed by atoms with Crippen LogP contribution in [0.15, 0.2) is 24.3 Å². The van der Waals surface area contributed by atoms with Crippen molar-refractivity contribution in [2.45, 2.75) is 114 Å². The number of benzene rings is 1. The first-order valence-corrected chi connectivity index (χ1v) is 11.9. The van der Waals surface area contributed by atoms with Crippen LogP contribution in [0.1, 0.15) is 115 Å². The average Bonchev–Trinajstić information content (AvgIpc) is 2.40. The highest BCUT2D eigenvalue weighted by molar-refractivity contribution is 7.18. The predicted octanol–water partition coefficient (Wildman–Crippen LogP) is 9.23. The first-order chi connectivity index (χ1) is 12.5. The molecule has 0 spiro atoms. The SMILES string of the molecule is CC(C)(C)C(P)(c1ccc(C(C(C)(C)C)(C(C)(C)C)C(C)(C)C)cc1)C(C)(C)C. The molecular formula is C28H51P. The molecule has 1 unspecified atom stereocenters. The largest absolute Gasteiger partial charge is 0.125 e. The van der Waals surface area contributed by atoms with Crippen LogP contribution in [-0.2, 0) is 10.6 Å². The summed E-state index contributed by atoms with van der Waals surface area (Å²) in [7, 11) is 3.24. The van der Waals surface area contributed by atoms with E-state index in [0.29, 0.717) is 0 Å². The molecule has 0 aliphatic carbocycles. The van der Waals surface area contributed by atoms with Gasteiger partial charge in [0.05, 0.1) is 0 Å². The quantitative estimate of drug-likeness (QED) is 0.420. The van der Waals surface area contributed by atoms with Crippen LogP contribution in [0.3, 0.4) is 0 Å². The van der Waals surface area contributed by atoms with Crippen LogP contribution in [0, 0.1) is 27.1 Å². The Kier molecular flexibility index (Phi) is 6.77. The zero-order valence-electron chi connectivity index (χ0n) is 22.4. The van der Waals surface area contributed by atoms with Crippen molar-refractivity contribution in [1.82, 2.24) is 0 Å². The molecule has 0 saturated heterocycles. The summed E-state index contributed by atoms with van der Waals surface area (Å²) < 4.78 is 0. The molecule has 1 atom stereocenters. The van der Waals surface area contributed by atoms with Crippen molar-refractivity contribution in [3.63, 3.8) is 0 Å². The van der Waals surface area contributed by atoms with Crippen molar-refractivity contribution in [3.8, 4) is 0 Å². The van der Waals surface area contributed by atoms with E-state index in [0.717, 1.165) is 0 Å². The third-order valence-corrected chi connectivity index (χ3v) is 9.58. The average molecular weight is 419 g/mol. The molecule has 0 amide bonds. The van der Waals surface area contributed by atoms with Crippen LogP contribution in [0.25, 0.3) is 0 Å². The minimum atomic E-state index is -0.00755. The number of rotatable bonds is 2. The molecule has 0 aliphatic heterocycles. The lowest BCUT2D eigenvalue weighted by molar-refractivity contribution is -0.0444. The molecule has 29 heavy (non-hydrogen) atoms. The molecule has 0 aromatic heterocycles. The van der Waals surface area contributed by atoms with E-state index in [2.05, 4.69) is 137 Å². The summed E-state index contributed by atoms with van der Waals surface area (Å²) in [5, 5.41) is -0.00755. The molecule has 0 saturated carbocycles. The molecule has 0 aliphatic rings. The fraction of sp³-hybridized carbons (Fsp3) is 0.786. The van der Waals surface area contributed by atoms with Gasteiger partial charge >= 0.3 is 0 Å². The smallest absolute Gasteiger partial charge is 0.0194 e. The van der Waals surface area contributed by atoms with Gasteiger partial charge in [0, 0.05) is 10.6 Å². The summed E-state index contributed by atoms with van der Waals surface area (Å²) in [6, 6.07) is 9.70. The highest BCUT2D eigenvalue weighted by Crippen LogP contribution is 2.63. The maximum Gasteiger partial charge on any atom is 0.0194 e. The second-order valence-electron chi connectivity index (χ2n) is 14.4. The summed E-state index contributed by atoms with van der Waals surface area (Å²) in [4.78, 5) is 0. The van der Waals surface area contributed by atoms with Crippen molar-refractivity contribution in [1.29, 1.82) is 0 Å². The standard InChI is InChI=1S/C28H51P/c1-22(2,3)27(23(4,5)6,24(7,8)9)20-16-18-21(19-17-20)28(29,25(10,11)12)26(13,14)15/h16-19H,29H2,1-15H3. The molecule has 1 aromatic carbocycles. The van der Waals surface area contributed by atoms with E-state index in [1.807, 2.05) is 0 Å². The minimum absolute atomic E-state index is 0.00755. The Balaban J connectivity index is 3.87. The van der Waals surface area contributed by atoms with Gasteiger partial charge in [-0.15, -0.1) is 9.24 Å². The Labute approximate surface area is 186 Å². The molecule has 0 N–H and O–H groups in total. The van der Waals surface area contributed by atoms with Gasteiger partial charge in [-0.2, -0.15) is 0 Å². The second kappa shape index (κ2) is 7.36. The lowest BCUT2D eigenvalue weighted by Gasteiger charge is -2.62. The van der Waals surface area contributed by atoms with Gasteiger partial charge in [-0.25, -0.2) is 0 Å². The third kappa shape index (κ3) is 4.10. The predicted molar refractivity (Wildman–Crippen MR) is 137 cm³/mol. The van der Waals surface area contributed by atoms with E-state index < -0.39 is 0 Å². The topological polar surface area (TPSA) is 0 Å². The van der Waals surface area contributed by atoms with Crippen LogP contribution in [-0.4, -0.2) is 0 Å². The van der Waals surface area contributed by atoms with Crippen molar-refractivity contribution in [2.24, 2.45) is 27.1 Å². The van der Waals surface area contributed by atoms with Gasteiger partial charge in [0.2, 0.25) is 0 Å². The van der Waals surface area contributed by atoms with E-state index in [4.69, 9.17) is 0 Å². The highest BCUT2D eigenvalue weighted by atomic mass is 31.0. The Hall–Kier alpha value is -0.350. The maximum absolute atomic E-state index is 3.24. The molecule has 168 valence electrons. The zero-order valence-corrected chi connectivity index (χ0v) is 23.5. The van der Waals surface area contributed by atoms with Crippen LogP contribution in [0.5, 0.6) is 0 Å². The van der Waals surface area contributed by atoms with Gasteiger partial charge in [-0.3, -0.25) is 0 Å². The normalized spacial score (nSPS) is 15.6. The summed E-state index contributed by atoms with van der Waals surface area (Å²) >= 11 is 0. The minimum Gasteiger partial charge on any atom is -0.125 e. The molecule has 1 aromatic rings. The molecular weight excluding hydrogens is 367 g/mol. The Morgan fingerprint density at radius 1 is 0.414 bits per heavy atom. The first-order valence-electron chi connectivity index (χ1n) is 11.4. The molecule has 0 radical (unpaired) electrons. The maximum atomic E-state index is 3.24. The van der Waals surface area contributed by atoms with Crippen LogP contribution in [0.4, 0.5) is 0 Å². The summed E-state index contributed by atoms with van der Waals surface area (Å²) in [6.07, 6.45) is 0. The first kappa shape index (κ1) is 26.7. The summed E-state index contributed by atoms with van der Waals surface area (Å²) in [5.74, 6) is 0. The van der Waals surface area contributed by atoms with Gasteiger partial charge in [0.15, 0.2) is 0 Å². The van der Waals surface area contributed by atoms with Crippen LogP contribution >= 0.6 is 9.24 Å². The van der Waals surface area contributed by atoms with Gasteiger partial charge < -0.3 is 0 Å². The van der Waals surface area contributed by atoms with E-state index in [-0.39, 0.29) is 37.6 Å². The van der Waals surface area contributed by atoms with Gasteiger partial charge in [0.1, 0.15) is 0 Å². The molecule has 0 nitrogen and oxygen atoms in total. The zero-order chi connectivity index (χ0) is 23.5. The van der Waals surface area contributed by atoms with E-state index >= 15 is 0 Å². The Morgan fingerprint density at radius 2 is 0.655 bits per heavy atom. The molecule has 1 rings (SSSR count). The summed E-state index contributed by atoms with van der Waals surface area (Å²) in [5.41, 5.74) is 3.53. The molecule has 1 heteroatoms. The fourth-order valence-electron chi connectivity index (χ4n) is 7.65. The Bertz CT molecular complexity index is 636. The second-order valence-corrected chi connectivity index (χ2v) is 15.3. The van der Waals surface area contributed by atoms with Gasteiger partial charge in [-0.05, 0) is 38.2 Å². The fourth-order valence-corrected chi connectivity index (χ4v) is 7.84. The number of hydrogen-bond acceptors (Lipinski definition) is 0. The summed E-state index contributed by atoms with van der Waals surface area (Å²) in [6.45, 7) is 35.9. The third-order valence-electron chi connectivity index (χ3n) is 7.51. The molecule has 0 heterocycles. The van der Waals surface area contributed by atoms with Crippen molar-refractivity contribution >= 4 is 9.24 Å². The van der Waals surface area contributed by atoms with Crippen molar-refractivity contribution in [2.75, 3.05) is 0 Å². The highest BCUT2D eigenvalue weighted by Gasteiger charge is 2.58. The molecule has 0 fully saturated rings. The van der Waals surface area contributed by atoms with Crippen LogP contribution < -0.4 is 0 Å². The lowest BCUT2D eigenvalue weighted by Crippen LogP contribution is -2.58. The van der Waals surface area contributed by atoms with Crippen molar-refractivity contribution in [3.05, 3.63) is 35.4 Å². The van der Waals surface area contributed by atoms with Crippen molar-refractivity contribution < 1.29 is 0 Å².